The lowest BCUT2D eigenvalue weighted by molar-refractivity contribution is -0.134. The molecule has 142 valence electrons. The van der Waals surface area contributed by atoms with Gasteiger partial charge in [0.2, 0.25) is 5.91 Å². The summed E-state index contributed by atoms with van der Waals surface area (Å²) < 4.78 is 5.76. The van der Waals surface area contributed by atoms with Gasteiger partial charge in [0, 0.05) is 71.6 Å². The molecule has 0 radical (unpaired) electrons. The summed E-state index contributed by atoms with van der Waals surface area (Å²) in [5.41, 5.74) is -0.373. The molecule has 7 heteroatoms. The molecule has 3 aliphatic rings. The van der Waals surface area contributed by atoms with Crippen LogP contribution < -0.4 is 0 Å². The van der Waals surface area contributed by atoms with Crippen LogP contribution in [-0.2, 0) is 9.53 Å². The predicted octanol–water partition coefficient (Wildman–Crippen LogP) is 0.847. The number of likely N-dealkylation sites (tertiary alicyclic amines) is 1. The molecule has 0 unspecified atom stereocenters. The van der Waals surface area contributed by atoms with Crippen LogP contribution >= 0.6 is 0 Å². The standard InChI is InChI=1S/C18H32N4O3/c1-3-16(23)21-7-5-18(6-8-21)15-22(17(24)25-18)14-13-20-11-9-19(4-2)10-12-20/h3-15H2,1-2H3. The first-order chi connectivity index (χ1) is 12.0. The van der Waals surface area contributed by atoms with E-state index in [1.807, 2.05) is 16.7 Å². The molecular weight excluding hydrogens is 320 g/mol. The first kappa shape index (κ1) is 18.5. The van der Waals surface area contributed by atoms with E-state index >= 15 is 0 Å². The fourth-order valence-electron chi connectivity index (χ4n) is 4.10. The Balaban J connectivity index is 1.44. The molecule has 0 aromatic heterocycles. The summed E-state index contributed by atoms with van der Waals surface area (Å²) >= 11 is 0. The second-order valence-corrected chi connectivity index (χ2v) is 7.48. The van der Waals surface area contributed by atoms with Gasteiger partial charge in [-0.2, -0.15) is 0 Å². The highest BCUT2D eigenvalue weighted by Crippen LogP contribution is 2.33. The average molecular weight is 352 g/mol. The Kier molecular flexibility index (Phi) is 5.84. The number of nitrogens with zero attached hydrogens (tertiary/aromatic N) is 4. The van der Waals surface area contributed by atoms with Gasteiger partial charge in [-0.25, -0.2) is 4.79 Å². The number of hydrogen-bond acceptors (Lipinski definition) is 5. The van der Waals surface area contributed by atoms with Crippen LogP contribution in [0.5, 0.6) is 0 Å². The van der Waals surface area contributed by atoms with Gasteiger partial charge in [0.15, 0.2) is 0 Å². The minimum atomic E-state index is -0.373. The minimum absolute atomic E-state index is 0.178. The number of hydrogen-bond donors (Lipinski definition) is 0. The van der Waals surface area contributed by atoms with E-state index in [9.17, 15) is 9.59 Å². The number of carbonyl (C=O) groups excluding carboxylic acids is 2. The summed E-state index contributed by atoms with van der Waals surface area (Å²) in [4.78, 5) is 32.8. The maximum absolute atomic E-state index is 12.3. The van der Waals surface area contributed by atoms with Gasteiger partial charge in [-0.1, -0.05) is 13.8 Å². The largest absolute Gasteiger partial charge is 0.441 e. The zero-order valence-electron chi connectivity index (χ0n) is 15.7. The minimum Gasteiger partial charge on any atom is -0.441 e. The van der Waals surface area contributed by atoms with Crippen molar-refractivity contribution in [2.45, 2.75) is 38.7 Å². The van der Waals surface area contributed by atoms with Crippen LogP contribution in [0.2, 0.25) is 0 Å². The second-order valence-electron chi connectivity index (χ2n) is 7.48. The van der Waals surface area contributed by atoms with Crippen molar-refractivity contribution >= 4 is 12.0 Å². The van der Waals surface area contributed by atoms with E-state index in [0.717, 1.165) is 58.7 Å². The first-order valence-electron chi connectivity index (χ1n) is 9.75. The quantitative estimate of drug-likeness (QED) is 0.734. The van der Waals surface area contributed by atoms with E-state index in [0.29, 0.717) is 26.1 Å². The fraction of sp³-hybridized carbons (Fsp3) is 0.889. The van der Waals surface area contributed by atoms with Crippen LogP contribution in [0.15, 0.2) is 0 Å². The van der Waals surface area contributed by atoms with Gasteiger partial charge >= 0.3 is 6.09 Å². The van der Waals surface area contributed by atoms with E-state index in [4.69, 9.17) is 4.74 Å². The molecule has 3 aliphatic heterocycles. The van der Waals surface area contributed by atoms with E-state index in [1.165, 1.54) is 0 Å². The normalized spacial score (nSPS) is 24.8. The molecule has 3 saturated heterocycles. The Morgan fingerprint density at radius 1 is 1.00 bits per heavy atom. The molecule has 0 bridgehead atoms. The Bertz CT molecular complexity index is 483. The van der Waals surface area contributed by atoms with Crippen LogP contribution in [0.4, 0.5) is 4.79 Å². The van der Waals surface area contributed by atoms with Gasteiger partial charge in [-0.3, -0.25) is 9.69 Å². The topological polar surface area (TPSA) is 56.3 Å². The molecule has 0 N–H and O–H groups in total. The van der Waals surface area contributed by atoms with Crippen LogP contribution in [-0.4, -0.2) is 103 Å². The Morgan fingerprint density at radius 2 is 1.64 bits per heavy atom. The highest BCUT2D eigenvalue weighted by atomic mass is 16.6. The molecule has 7 nitrogen and oxygen atoms in total. The molecule has 3 fully saturated rings. The van der Waals surface area contributed by atoms with Crippen molar-refractivity contribution in [2.24, 2.45) is 0 Å². The smallest absolute Gasteiger partial charge is 0.410 e. The van der Waals surface area contributed by atoms with Gasteiger partial charge in [0.25, 0.3) is 0 Å². The lowest BCUT2D eigenvalue weighted by Crippen LogP contribution is -2.50. The summed E-state index contributed by atoms with van der Waals surface area (Å²) in [6, 6.07) is 0. The van der Waals surface area contributed by atoms with Crippen LogP contribution in [0.25, 0.3) is 0 Å². The molecule has 0 aromatic carbocycles. The molecule has 0 aromatic rings. The van der Waals surface area contributed by atoms with E-state index in [-0.39, 0.29) is 17.6 Å². The number of piperazine rings is 1. The molecule has 2 amide bonds. The van der Waals surface area contributed by atoms with Crippen molar-refractivity contribution < 1.29 is 14.3 Å². The van der Waals surface area contributed by atoms with Gasteiger partial charge in [0.05, 0.1) is 6.54 Å². The lowest BCUT2D eigenvalue weighted by atomic mass is 9.91. The SMILES string of the molecule is CCC(=O)N1CCC2(CC1)CN(CCN1CCN(CC)CC1)C(=O)O2. The maximum Gasteiger partial charge on any atom is 0.410 e. The molecule has 0 saturated carbocycles. The molecule has 0 aliphatic carbocycles. The van der Waals surface area contributed by atoms with Crippen molar-refractivity contribution in [1.82, 2.24) is 19.6 Å². The first-order valence-corrected chi connectivity index (χ1v) is 9.75. The van der Waals surface area contributed by atoms with Gasteiger partial charge in [-0.15, -0.1) is 0 Å². The van der Waals surface area contributed by atoms with Crippen LogP contribution in [0.1, 0.15) is 33.1 Å². The molecule has 1 spiro atoms. The van der Waals surface area contributed by atoms with Crippen LogP contribution in [0.3, 0.4) is 0 Å². The van der Waals surface area contributed by atoms with Crippen molar-refractivity contribution in [1.29, 1.82) is 0 Å². The van der Waals surface area contributed by atoms with Crippen molar-refractivity contribution in [3.05, 3.63) is 0 Å². The number of rotatable bonds is 5. The summed E-state index contributed by atoms with van der Waals surface area (Å²) in [5, 5.41) is 0. The van der Waals surface area contributed by atoms with Gasteiger partial charge < -0.3 is 19.4 Å². The van der Waals surface area contributed by atoms with E-state index in [2.05, 4.69) is 16.7 Å². The van der Waals surface area contributed by atoms with Gasteiger partial charge in [-0.05, 0) is 6.54 Å². The Hall–Kier alpha value is -1.34. The predicted molar refractivity (Wildman–Crippen MR) is 95.4 cm³/mol. The zero-order valence-corrected chi connectivity index (χ0v) is 15.7. The van der Waals surface area contributed by atoms with Crippen molar-refractivity contribution in [3.8, 4) is 0 Å². The molecule has 3 rings (SSSR count). The fourth-order valence-corrected chi connectivity index (χ4v) is 4.10. The monoisotopic (exact) mass is 352 g/mol. The third kappa shape index (κ3) is 4.26. The number of carbonyl (C=O) groups is 2. The molecule has 3 heterocycles. The average Bonchev–Trinajstić information content (AvgIpc) is 2.95. The third-order valence-corrected chi connectivity index (χ3v) is 5.97. The number of piperidine rings is 1. The maximum atomic E-state index is 12.3. The number of amides is 2. The summed E-state index contributed by atoms with van der Waals surface area (Å²) in [6.45, 7) is 13.3. The Labute approximate surface area is 150 Å². The highest BCUT2D eigenvalue weighted by Gasteiger charge is 2.47. The van der Waals surface area contributed by atoms with Crippen molar-refractivity contribution in [2.75, 3.05) is 65.4 Å². The van der Waals surface area contributed by atoms with Crippen molar-refractivity contribution in [3.63, 3.8) is 0 Å². The molecular formula is C18H32N4O3. The summed E-state index contributed by atoms with van der Waals surface area (Å²) in [5.74, 6) is 0.197. The highest BCUT2D eigenvalue weighted by molar-refractivity contribution is 5.76. The van der Waals surface area contributed by atoms with E-state index in [1.54, 1.807) is 0 Å². The number of ether oxygens (including phenoxy) is 1. The summed E-state index contributed by atoms with van der Waals surface area (Å²) in [7, 11) is 0. The number of likely N-dealkylation sites (N-methyl/N-ethyl adjacent to an activating group) is 1. The van der Waals surface area contributed by atoms with E-state index < -0.39 is 0 Å². The zero-order chi connectivity index (χ0) is 17.9. The second kappa shape index (κ2) is 7.91. The van der Waals surface area contributed by atoms with Crippen LogP contribution in [0, 0.1) is 0 Å². The molecule has 0 atom stereocenters. The summed E-state index contributed by atoms with van der Waals surface area (Å²) in [6.07, 6.45) is 1.89. The lowest BCUT2D eigenvalue weighted by Gasteiger charge is -2.37. The Morgan fingerprint density at radius 3 is 2.24 bits per heavy atom. The molecule has 25 heavy (non-hydrogen) atoms. The van der Waals surface area contributed by atoms with Gasteiger partial charge in [0.1, 0.15) is 5.60 Å². The third-order valence-electron chi connectivity index (χ3n) is 5.97.